The van der Waals surface area contributed by atoms with Crippen molar-refractivity contribution < 1.29 is 9.90 Å². The molecule has 0 atom stereocenters. The average molecular weight is 295 g/mol. The number of rotatable bonds is 8. The molecule has 0 unspecified atom stereocenters. The number of hydrogen-bond acceptors (Lipinski definition) is 3. The molecule has 112 valence electrons. The van der Waals surface area contributed by atoms with Crippen LogP contribution in [0.15, 0.2) is 29.2 Å². The lowest BCUT2D eigenvalue weighted by atomic mass is 9.97. The Labute approximate surface area is 126 Å². The van der Waals surface area contributed by atoms with Crippen molar-refractivity contribution in [3.8, 4) is 0 Å². The predicted molar refractivity (Wildman–Crippen MR) is 85.1 cm³/mol. The van der Waals surface area contributed by atoms with E-state index in [1.807, 2.05) is 0 Å². The molecule has 1 rings (SSSR count). The molecule has 0 aliphatic heterocycles. The molecule has 0 radical (unpaired) electrons. The first-order valence-electron chi connectivity index (χ1n) is 6.97. The monoisotopic (exact) mass is 295 g/mol. The zero-order valence-electron chi connectivity index (χ0n) is 12.8. The van der Waals surface area contributed by atoms with Gasteiger partial charge in [-0.05, 0) is 44.0 Å². The molecule has 1 aromatic rings. The van der Waals surface area contributed by atoms with Gasteiger partial charge in [-0.1, -0.05) is 26.0 Å². The van der Waals surface area contributed by atoms with Crippen molar-refractivity contribution in [2.75, 3.05) is 12.3 Å². The van der Waals surface area contributed by atoms with Gasteiger partial charge in [0.25, 0.3) is 0 Å². The first-order chi connectivity index (χ1) is 9.31. The number of benzene rings is 1. The molecule has 20 heavy (non-hydrogen) atoms. The maximum absolute atomic E-state index is 11.0. The second kappa shape index (κ2) is 7.70. The smallest absolute Gasteiger partial charge is 0.309 e. The molecule has 0 saturated heterocycles. The first kappa shape index (κ1) is 17.1. The van der Waals surface area contributed by atoms with Gasteiger partial charge < -0.3 is 10.4 Å². The van der Waals surface area contributed by atoms with Crippen molar-refractivity contribution in [1.82, 2.24) is 5.32 Å². The summed E-state index contributed by atoms with van der Waals surface area (Å²) in [4.78, 5) is 12.2. The molecule has 0 spiro atoms. The summed E-state index contributed by atoms with van der Waals surface area (Å²) < 4.78 is 0. The van der Waals surface area contributed by atoms with Crippen LogP contribution in [-0.2, 0) is 11.3 Å². The van der Waals surface area contributed by atoms with E-state index in [9.17, 15) is 4.79 Å². The lowest BCUT2D eigenvalue weighted by molar-refractivity contribution is -0.145. The van der Waals surface area contributed by atoms with Gasteiger partial charge in [0.15, 0.2) is 0 Å². The SMILES string of the molecule is CC(C)CNCc1ccc(SCC(C)(C)C(=O)O)cc1. The second-order valence-corrected chi connectivity index (χ2v) is 7.20. The molecule has 0 amide bonds. The zero-order chi connectivity index (χ0) is 15.2. The number of carboxylic acids is 1. The largest absolute Gasteiger partial charge is 0.481 e. The van der Waals surface area contributed by atoms with Gasteiger partial charge in [0.05, 0.1) is 5.41 Å². The Morgan fingerprint density at radius 2 is 1.90 bits per heavy atom. The topological polar surface area (TPSA) is 49.3 Å². The van der Waals surface area contributed by atoms with E-state index in [0.29, 0.717) is 11.7 Å². The van der Waals surface area contributed by atoms with Gasteiger partial charge in [-0.15, -0.1) is 11.8 Å². The van der Waals surface area contributed by atoms with Crippen LogP contribution in [0, 0.1) is 11.3 Å². The van der Waals surface area contributed by atoms with Gasteiger partial charge >= 0.3 is 5.97 Å². The third kappa shape index (κ3) is 5.97. The molecule has 0 aliphatic rings. The number of hydrogen-bond donors (Lipinski definition) is 2. The van der Waals surface area contributed by atoms with Crippen LogP contribution in [0.5, 0.6) is 0 Å². The van der Waals surface area contributed by atoms with Crippen LogP contribution < -0.4 is 5.32 Å². The lowest BCUT2D eigenvalue weighted by Crippen LogP contribution is -2.26. The Kier molecular flexibility index (Phi) is 6.56. The minimum Gasteiger partial charge on any atom is -0.481 e. The summed E-state index contributed by atoms with van der Waals surface area (Å²) in [6, 6.07) is 8.33. The van der Waals surface area contributed by atoms with E-state index in [4.69, 9.17) is 5.11 Å². The molecule has 0 aromatic heterocycles. The Morgan fingerprint density at radius 1 is 1.30 bits per heavy atom. The second-order valence-electron chi connectivity index (χ2n) is 6.15. The number of carboxylic acid groups (broad SMARTS) is 1. The first-order valence-corrected chi connectivity index (χ1v) is 7.95. The van der Waals surface area contributed by atoms with Crippen molar-refractivity contribution in [3.63, 3.8) is 0 Å². The van der Waals surface area contributed by atoms with Crippen molar-refractivity contribution in [1.29, 1.82) is 0 Å². The highest BCUT2D eigenvalue weighted by Crippen LogP contribution is 2.27. The molecular formula is C16H25NO2S. The fourth-order valence-electron chi connectivity index (χ4n) is 1.53. The van der Waals surface area contributed by atoms with Gasteiger partial charge in [-0.25, -0.2) is 0 Å². The molecule has 0 fully saturated rings. The van der Waals surface area contributed by atoms with Crippen LogP contribution in [0.1, 0.15) is 33.3 Å². The third-order valence-electron chi connectivity index (χ3n) is 2.98. The van der Waals surface area contributed by atoms with Crippen molar-refractivity contribution in [2.45, 2.75) is 39.1 Å². The molecule has 0 saturated carbocycles. The third-order valence-corrected chi connectivity index (χ3v) is 4.46. The Morgan fingerprint density at radius 3 is 2.40 bits per heavy atom. The summed E-state index contributed by atoms with van der Waals surface area (Å²) in [6.45, 7) is 9.79. The van der Waals surface area contributed by atoms with Gasteiger partial charge in [0.2, 0.25) is 0 Å². The summed E-state index contributed by atoms with van der Waals surface area (Å²) in [5.74, 6) is 0.482. The van der Waals surface area contributed by atoms with Crippen molar-refractivity contribution in [2.24, 2.45) is 11.3 Å². The van der Waals surface area contributed by atoms with Crippen LogP contribution in [0.4, 0.5) is 0 Å². The maximum atomic E-state index is 11.0. The number of carbonyl (C=O) groups is 1. The fraction of sp³-hybridized carbons (Fsp3) is 0.562. The van der Waals surface area contributed by atoms with Crippen LogP contribution in [0.2, 0.25) is 0 Å². The average Bonchev–Trinajstić information content (AvgIpc) is 2.37. The maximum Gasteiger partial charge on any atom is 0.309 e. The van der Waals surface area contributed by atoms with E-state index in [1.54, 1.807) is 25.6 Å². The van der Waals surface area contributed by atoms with Gasteiger partial charge in [-0.2, -0.15) is 0 Å². The van der Waals surface area contributed by atoms with Crippen molar-refractivity contribution in [3.05, 3.63) is 29.8 Å². The molecule has 1 aromatic carbocycles. The number of nitrogens with one attached hydrogen (secondary N) is 1. The molecule has 0 aliphatic carbocycles. The summed E-state index contributed by atoms with van der Waals surface area (Å²) in [6.07, 6.45) is 0. The summed E-state index contributed by atoms with van der Waals surface area (Å²) in [5.41, 5.74) is 0.565. The zero-order valence-corrected chi connectivity index (χ0v) is 13.6. The number of aliphatic carboxylic acids is 1. The highest BCUT2D eigenvalue weighted by molar-refractivity contribution is 7.99. The fourth-order valence-corrected chi connectivity index (χ4v) is 2.51. The molecule has 3 nitrogen and oxygen atoms in total. The Hall–Kier alpha value is -1.00. The molecule has 4 heteroatoms. The number of thioether (sulfide) groups is 1. The Balaban J connectivity index is 2.44. The van der Waals surface area contributed by atoms with Gasteiger partial charge in [-0.3, -0.25) is 4.79 Å². The summed E-state index contributed by atoms with van der Waals surface area (Å²) >= 11 is 1.59. The van der Waals surface area contributed by atoms with E-state index in [-0.39, 0.29) is 0 Å². The van der Waals surface area contributed by atoms with E-state index in [0.717, 1.165) is 18.0 Å². The Bertz CT molecular complexity index is 427. The van der Waals surface area contributed by atoms with Crippen LogP contribution >= 0.6 is 11.8 Å². The van der Waals surface area contributed by atoms with Crippen LogP contribution in [-0.4, -0.2) is 23.4 Å². The quantitative estimate of drug-likeness (QED) is 0.719. The normalized spacial score (nSPS) is 11.8. The van der Waals surface area contributed by atoms with E-state index < -0.39 is 11.4 Å². The predicted octanol–water partition coefficient (Wildman–Crippen LogP) is 3.64. The van der Waals surface area contributed by atoms with Gasteiger partial charge in [0, 0.05) is 17.2 Å². The minimum atomic E-state index is -0.750. The highest BCUT2D eigenvalue weighted by atomic mass is 32.2. The molecular weight excluding hydrogens is 270 g/mol. The standard InChI is InChI=1S/C16H25NO2S/c1-12(2)9-17-10-13-5-7-14(8-6-13)20-11-16(3,4)15(18)19/h5-8,12,17H,9-11H2,1-4H3,(H,18,19). The molecule has 0 bridgehead atoms. The molecule has 0 heterocycles. The minimum absolute atomic E-state index is 0.577. The van der Waals surface area contributed by atoms with E-state index in [2.05, 4.69) is 43.4 Å². The van der Waals surface area contributed by atoms with E-state index >= 15 is 0 Å². The van der Waals surface area contributed by atoms with Crippen molar-refractivity contribution >= 4 is 17.7 Å². The molecule has 2 N–H and O–H groups in total. The lowest BCUT2D eigenvalue weighted by Gasteiger charge is -2.18. The van der Waals surface area contributed by atoms with Gasteiger partial charge in [0.1, 0.15) is 0 Å². The summed E-state index contributed by atoms with van der Waals surface area (Å²) in [7, 11) is 0. The van der Waals surface area contributed by atoms with Crippen LogP contribution in [0.3, 0.4) is 0 Å². The van der Waals surface area contributed by atoms with E-state index in [1.165, 1.54) is 5.56 Å². The van der Waals surface area contributed by atoms with Crippen LogP contribution in [0.25, 0.3) is 0 Å². The summed E-state index contributed by atoms with van der Waals surface area (Å²) in [5, 5.41) is 12.5. The highest BCUT2D eigenvalue weighted by Gasteiger charge is 2.26.